The van der Waals surface area contributed by atoms with Crippen LogP contribution in [0.2, 0.25) is 0 Å². The second-order valence-electron chi connectivity index (χ2n) is 13.1. The molecule has 6 rings (SSSR count). The molecular formula is C37H41O16+. The first-order chi connectivity index (χ1) is 25.2. The maximum atomic E-state index is 12.5. The predicted octanol–water partition coefficient (Wildman–Crippen LogP) is 1.47. The zero-order valence-electron chi connectivity index (χ0n) is 28.5. The first kappa shape index (κ1) is 37.7. The Balaban J connectivity index is 1.29. The maximum Gasteiger partial charge on any atom is 0.330 e. The molecule has 0 bridgehead atoms. The van der Waals surface area contributed by atoms with E-state index in [4.69, 9.17) is 28.4 Å². The van der Waals surface area contributed by atoms with Gasteiger partial charge < -0.3 is 74.4 Å². The summed E-state index contributed by atoms with van der Waals surface area (Å²) < 4.78 is 33.6. The van der Waals surface area contributed by atoms with Gasteiger partial charge in [-0.15, -0.1) is 0 Å². The number of hydrogen-bond acceptors (Lipinski definition) is 15. The summed E-state index contributed by atoms with van der Waals surface area (Å²) in [6, 6.07) is 11.3. The number of carbonyl (C=O) groups is 1. The summed E-state index contributed by atoms with van der Waals surface area (Å²) in [5.74, 6) is -1.82. The van der Waals surface area contributed by atoms with E-state index in [2.05, 4.69) is 0 Å². The molecule has 10 N–H and O–H groups in total. The number of hydrogen-bond donors (Lipinski definition) is 9. The standard InChI is InChI=1S/C37H40O16/c1-16-9-19(11-24(41)30(16)43)35-27(14-22-25(50-35)12-21(39)13-26(22)51-36-31(44)23(40)10-17(2)49-36)52-37-34(47)33(46)32(45)28(53-37)15-48-29(42)8-5-18-3-6-20(38)7-4-18/h3-9,11-14,17,23,28,31-41,43-47H,10,15H2,1-2H3/p+1/b8-5+/t17-,23+,28-,31-,32-,33+,34-,35?,36+,37-/m1/s1. The van der Waals surface area contributed by atoms with Crippen LogP contribution in [0.1, 0.15) is 41.7 Å². The second-order valence-corrected chi connectivity index (χ2v) is 13.1. The van der Waals surface area contributed by atoms with Crippen LogP contribution in [0.4, 0.5) is 0 Å². The smallest absolute Gasteiger partial charge is 0.330 e. The average molecular weight is 742 g/mol. The van der Waals surface area contributed by atoms with Gasteiger partial charge in [0.25, 0.3) is 11.9 Å². The molecule has 16 nitrogen and oxygen atoms in total. The molecule has 10 atom stereocenters. The molecule has 16 heteroatoms. The maximum absolute atomic E-state index is 12.5. The van der Waals surface area contributed by atoms with E-state index in [9.17, 15) is 50.8 Å². The summed E-state index contributed by atoms with van der Waals surface area (Å²) in [5.41, 5.74) is 1.37. The van der Waals surface area contributed by atoms with Crippen molar-refractivity contribution in [3.63, 3.8) is 0 Å². The van der Waals surface area contributed by atoms with Crippen molar-refractivity contribution >= 4 is 18.1 Å². The first-order valence-corrected chi connectivity index (χ1v) is 16.7. The van der Waals surface area contributed by atoms with E-state index >= 15 is 0 Å². The molecule has 0 aromatic heterocycles. The van der Waals surface area contributed by atoms with Crippen LogP contribution in [0.15, 0.2) is 60.4 Å². The van der Waals surface area contributed by atoms with Crippen LogP contribution >= 0.6 is 0 Å². The highest BCUT2D eigenvalue weighted by Crippen LogP contribution is 2.47. The van der Waals surface area contributed by atoms with Crippen LogP contribution in [0, 0.1) is 6.92 Å². The van der Waals surface area contributed by atoms with E-state index in [1.165, 1.54) is 48.6 Å². The number of phenols is 4. The number of aryl methyl sites for hydroxylation is 1. The minimum absolute atomic E-state index is 0.0379. The molecule has 1 unspecified atom stereocenters. The Kier molecular flexibility index (Phi) is 11.0. The van der Waals surface area contributed by atoms with Crippen LogP contribution in [-0.4, -0.2) is 119 Å². The van der Waals surface area contributed by atoms with E-state index in [0.717, 1.165) is 6.08 Å². The third-order valence-electron chi connectivity index (χ3n) is 9.02. The van der Waals surface area contributed by atoms with Gasteiger partial charge in [0.15, 0.2) is 17.3 Å². The molecule has 0 spiro atoms. The molecule has 2 fully saturated rings. The van der Waals surface area contributed by atoms with Crippen molar-refractivity contribution in [1.29, 1.82) is 0 Å². The van der Waals surface area contributed by atoms with Crippen molar-refractivity contribution in [1.82, 2.24) is 0 Å². The SMILES string of the molecule is Cc1cc(C2[OH+]c3cc(O)cc(O[C@@H]4O[C@H](C)C[C@H](O)[C@H]4O)c3C=C2O[C@@H]2O[C@H](COC(=O)/C=C/c3ccc(O)cc3)[C@@H](O)[C@H](O)[C@H]2O)cc(O)c1O. The minimum atomic E-state index is -1.84. The summed E-state index contributed by atoms with van der Waals surface area (Å²) in [7, 11) is 0. The van der Waals surface area contributed by atoms with Gasteiger partial charge in [-0.2, -0.15) is 0 Å². The number of aromatic hydroxyl groups is 5. The molecule has 2 saturated heterocycles. The first-order valence-electron chi connectivity index (χ1n) is 16.7. The molecule has 3 aliphatic rings. The fourth-order valence-corrected chi connectivity index (χ4v) is 6.15. The van der Waals surface area contributed by atoms with Crippen molar-refractivity contribution in [3.05, 3.63) is 82.6 Å². The number of aliphatic hydroxyl groups excluding tert-OH is 5. The molecule has 3 aromatic rings. The Morgan fingerprint density at radius 1 is 0.868 bits per heavy atom. The quantitative estimate of drug-likeness (QED) is 0.0651. The van der Waals surface area contributed by atoms with Crippen LogP contribution in [-0.2, 0) is 23.7 Å². The average Bonchev–Trinajstić information content (AvgIpc) is 3.11. The van der Waals surface area contributed by atoms with E-state index < -0.39 is 79.7 Å². The van der Waals surface area contributed by atoms with Gasteiger partial charge in [0.2, 0.25) is 12.6 Å². The largest absolute Gasteiger partial charge is 0.571 e. The summed E-state index contributed by atoms with van der Waals surface area (Å²) in [6.07, 6.45) is -9.85. The second kappa shape index (κ2) is 15.5. The van der Waals surface area contributed by atoms with Crippen LogP contribution in [0.25, 0.3) is 12.2 Å². The highest BCUT2D eigenvalue weighted by atomic mass is 16.7. The molecule has 53 heavy (non-hydrogen) atoms. The van der Waals surface area contributed by atoms with Crippen LogP contribution in [0.5, 0.6) is 34.5 Å². The van der Waals surface area contributed by atoms with Gasteiger partial charge >= 0.3 is 5.97 Å². The van der Waals surface area contributed by atoms with Gasteiger partial charge in [-0.05, 0) is 55.3 Å². The van der Waals surface area contributed by atoms with Crippen molar-refractivity contribution in [2.45, 2.75) is 81.7 Å². The van der Waals surface area contributed by atoms with Crippen LogP contribution < -0.4 is 4.74 Å². The lowest BCUT2D eigenvalue weighted by atomic mass is 9.97. The fourth-order valence-electron chi connectivity index (χ4n) is 6.15. The lowest BCUT2D eigenvalue weighted by Gasteiger charge is -2.40. The Morgan fingerprint density at radius 3 is 2.30 bits per heavy atom. The monoisotopic (exact) mass is 741 g/mol. The van der Waals surface area contributed by atoms with Gasteiger partial charge in [-0.1, -0.05) is 12.1 Å². The molecule has 0 radical (unpaired) electrons. The molecule has 3 heterocycles. The molecule has 3 aromatic carbocycles. The van der Waals surface area contributed by atoms with Gasteiger partial charge in [-0.3, -0.25) is 0 Å². The number of aliphatic hydroxyl groups is 6. The van der Waals surface area contributed by atoms with E-state index in [1.807, 2.05) is 0 Å². The Labute approximate surface area is 302 Å². The summed E-state index contributed by atoms with van der Waals surface area (Å²) in [6.45, 7) is 2.67. The number of ether oxygens (including phenoxy) is 6. The normalized spacial score (nSPS) is 29.8. The van der Waals surface area contributed by atoms with E-state index in [-0.39, 0.29) is 52.1 Å². The summed E-state index contributed by atoms with van der Waals surface area (Å²) in [5, 5.41) is 94.1. The number of fused-ring (bicyclic) bond motifs is 1. The summed E-state index contributed by atoms with van der Waals surface area (Å²) in [4.78, 5) is 12.5. The minimum Gasteiger partial charge on any atom is -0.571 e. The highest BCUT2D eigenvalue weighted by molar-refractivity contribution is 5.87. The highest BCUT2D eigenvalue weighted by Gasteiger charge is 2.47. The molecular weight excluding hydrogens is 700 g/mol. The van der Waals surface area contributed by atoms with Crippen molar-refractivity contribution in [2.24, 2.45) is 0 Å². The zero-order valence-corrected chi connectivity index (χ0v) is 28.5. The number of esters is 1. The zero-order chi connectivity index (χ0) is 38.1. The third-order valence-corrected chi connectivity index (χ3v) is 9.02. The topological polar surface area (TPSA) is 258 Å². The van der Waals surface area contributed by atoms with Crippen molar-refractivity contribution in [2.75, 3.05) is 6.61 Å². The van der Waals surface area contributed by atoms with Gasteiger partial charge in [0, 0.05) is 24.6 Å². The van der Waals surface area contributed by atoms with Gasteiger partial charge in [-0.25, -0.2) is 4.79 Å². The molecule has 284 valence electrons. The Morgan fingerprint density at radius 2 is 1.58 bits per heavy atom. The Hall–Kier alpha value is -5.07. The number of phenolic OH excluding ortho intramolecular Hbond substituents is 4. The molecule has 0 amide bonds. The molecule has 0 saturated carbocycles. The lowest BCUT2D eigenvalue weighted by molar-refractivity contribution is -0.296. The number of rotatable bonds is 9. The fraction of sp³-hybridized carbons (Fsp3) is 0.378. The predicted molar refractivity (Wildman–Crippen MR) is 182 cm³/mol. The van der Waals surface area contributed by atoms with E-state index in [1.54, 1.807) is 26.0 Å². The summed E-state index contributed by atoms with van der Waals surface area (Å²) >= 11 is 0. The lowest BCUT2D eigenvalue weighted by Crippen LogP contribution is -2.59. The number of carbonyl (C=O) groups excluding carboxylic acids is 1. The Bertz CT molecular complexity index is 1830. The third kappa shape index (κ3) is 8.29. The number of benzene rings is 3. The van der Waals surface area contributed by atoms with Gasteiger partial charge in [0.1, 0.15) is 59.9 Å². The van der Waals surface area contributed by atoms with Crippen LogP contribution in [0.3, 0.4) is 0 Å². The van der Waals surface area contributed by atoms with E-state index in [0.29, 0.717) is 11.1 Å². The van der Waals surface area contributed by atoms with Gasteiger partial charge in [0.05, 0.1) is 23.8 Å². The van der Waals surface area contributed by atoms with Crippen molar-refractivity contribution in [3.8, 4) is 34.5 Å². The van der Waals surface area contributed by atoms with Crippen molar-refractivity contribution < 1.29 is 79.2 Å². The molecule has 0 aliphatic carbocycles. The molecule has 3 aliphatic heterocycles.